The molecule has 0 aliphatic heterocycles. The largest absolute Gasteiger partial charge is 0.416 e. The van der Waals surface area contributed by atoms with Crippen molar-refractivity contribution >= 4 is 0 Å². The lowest BCUT2D eigenvalue weighted by Gasteiger charge is -2.07. The summed E-state index contributed by atoms with van der Waals surface area (Å²) in [6.45, 7) is 1.66. The van der Waals surface area contributed by atoms with Crippen molar-refractivity contribution in [3.05, 3.63) is 35.4 Å². The van der Waals surface area contributed by atoms with E-state index in [0.717, 1.165) is 0 Å². The highest BCUT2D eigenvalue weighted by atomic mass is 19.4. The summed E-state index contributed by atoms with van der Waals surface area (Å²) >= 11 is 0. The van der Waals surface area contributed by atoms with E-state index in [9.17, 15) is 22.7 Å². The van der Waals surface area contributed by atoms with E-state index in [4.69, 9.17) is 4.52 Å². The third kappa shape index (κ3) is 2.79. The number of rotatable bonds is 3. The molecule has 0 saturated carbocycles. The van der Waals surface area contributed by atoms with Crippen LogP contribution in [0.3, 0.4) is 0 Å². The van der Waals surface area contributed by atoms with Gasteiger partial charge in [0.15, 0.2) is 0 Å². The molecule has 1 aromatic heterocycles. The van der Waals surface area contributed by atoms with Crippen LogP contribution in [0.25, 0.3) is 11.5 Å². The minimum atomic E-state index is -4.60. The summed E-state index contributed by atoms with van der Waals surface area (Å²) < 4.78 is 56.0. The molecule has 0 amide bonds. The molecule has 0 radical (unpaired) electrons. The third-order valence-electron chi connectivity index (χ3n) is 2.65. The molecule has 108 valence electrons. The number of nitrogens with zero attached hydrogens (tertiary/aromatic N) is 2. The fraction of sp³-hybridized carbons (Fsp3) is 0.333. The van der Waals surface area contributed by atoms with Gasteiger partial charge < -0.3 is 9.63 Å². The Balaban J connectivity index is 2.44. The number of hydrogen-bond acceptors (Lipinski definition) is 4. The smallest absolute Gasteiger partial charge is 0.385 e. The number of aliphatic hydroxyl groups is 1. The molecule has 0 spiro atoms. The normalized spacial score (nSPS) is 13.5. The van der Waals surface area contributed by atoms with Gasteiger partial charge in [0.25, 0.3) is 5.89 Å². The fourth-order valence-electron chi connectivity index (χ4n) is 1.53. The van der Waals surface area contributed by atoms with E-state index in [1.165, 1.54) is 0 Å². The van der Waals surface area contributed by atoms with Crippen LogP contribution in [-0.2, 0) is 6.18 Å². The molecule has 0 aliphatic rings. The van der Waals surface area contributed by atoms with Gasteiger partial charge >= 0.3 is 6.18 Å². The minimum absolute atomic E-state index is 0.0979. The first-order valence-corrected chi connectivity index (χ1v) is 5.71. The van der Waals surface area contributed by atoms with Crippen molar-refractivity contribution in [2.45, 2.75) is 25.6 Å². The standard InChI is InChI=1S/C12H10F4N2O2/c1-2-9(19)10-17-11(20-18-10)7-5-6(12(14,15)16)3-4-8(7)13/h3-5,9,19H,2H2,1H3. The Kier molecular flexibility index (Phi) is 3.76. The highest BCUT2D eigenvalue weighted by Crippen LogP contribution is 2.33. The second kappa shape index (κ2) is 5.20. The number of benzene rings is 1. The minimum Gasteiger partial charge on any atom is -0.385 e. The molecular formula is C12H10F4N2O2. The van der Waals surface area contributed by atoms with Crippen LogP contribution in [-0.4, -0.2) is 15.2 Å². The second-order valence-electron chi connectivity index (χ2n) is 4.07. The van der Waals surface area contributed by atoms with Crippen molar-refractivity contribution in [2.24, 2.45) is 0 Å². The molecule has 1 heterocycles. The van der Waals surface area contributed by atoms with Gasteiger partial charge in [-0.3, -0.25) is 0 Å². The van der Waals surface area contributed by atoms with Gasteiger partial charge in [-0.2, -0.15) is 18.2 Å². The molecule has 2 rings (SSSR count). The van der Waals surface area contributed by atoms with Gasteiger partial charge in [0, 0.05) is 0 Å². The highest BCUT2D eigenvalue weighted by Gasteiger charge is 2.32. The first-order chi connectivity index (χ1) is 9.32. The van der Waals surface area contributed by atoms with E-state index < -0.39 is 35.1 Å². The number of aromatic nitrogens is 2. The fourth-order valence-corrected chi connectivity index (χ4v) is 1.53. The Bertz CT molecular complexity index is 610. The number of alkyl halides is 3. The predicted octanol–water partition coefficient (Wildman–Crippen LogP) is 3.34. The van der Waals surface area contributed by atoms with Gasteiger partial charge in [-0.25, -0.2) is 4.39 Å². The number of hydrogen-bond donors (Lipinski definition) is 1. The monoisotopic (exact) mass is 290 g/mol. The Hall–Kier alpha value is -1.96. The van der Waals surface area contributed by atoms with Crippen LogP contribution in [0.15, 0.2) is 22.7 Å². The van der Waals surface area contributed by atoms with Crippen molar-refractivity contribution < 1.29 is 27.2 Å². The summed E-state index contributed by atoms with van der Waals surface area (Å²) in [5.74, 6) is -1.42. The molecule has 1 unspecified atom stereocenters. The Morgan fingerprint density at radius 3 is 2.65 bits per heavy atom. The van der Waals surface area contributed by atoms with Gasteiger partial charge in [0.05, 0.1) is 11.1 Å². The van der Waals surface area contributed by atoms with Crippen LogP contribution < -0.4 is 0 Å². The van der Waals surface area contributed by atoms with Gasteiger partial charge in [-0.1, -0.05) is 12.1 Å². The Morgan fingerprint density at radius 2 is 2.05 bits per heavy atom. The van der Waals surface area contributed by atoms with Gasteiger partial charge in [-0.05, 0) is 24.6 Å². The average molecular weight is 290 g/mol. The molecular weight excluding hydrogens is 280 g/mol. The van der Waals surface area contributed by atoms with Crippen molar-refractivity contribution in [3.63, 3.8) is 0 Å². The topological polar surface area (TPSA) is 59.2 Å². The van der Waals surface area contributed by atoms with E-state index in [1.807, 2.05) is 0 Å². The molecule has 1 atom stereocenters. The quantitative estimate of drug-likeness (QED) is 0.881. The summed E-state index contributed by atoms with van der Waals surface area (Å²) in [5, 5.41) is 12.9. The van der Waals surface area contributed by atoms with Crippen LogP contribution >= 0.6 is 0 Å². The molecule has 20 heavy (non-hydrogen) atoms. The molecule has 0 fully saturated rings. The lowest BCUT2D eigenvalue weighted by atomic mass is 10.1. The van der Waals surface area contributed by atoms with Gasteiger partial charge in [-0.15, -0.1) is 0 Å². The van der Waals surface area contributed by atoms with Crippen molar-refractivity contribution in [3.8, 4) is 11.5 Å². The lowest BCUT2D eigenvalue weighted by molar-refractivity contribution is -0.137. The van der Waals surface area contributed by atoms with E-state index in [-0.39, 0.29) is 5.82 Å². The summed E-state index contributed by atoms with van der Waals surface area (Å²) in [6, 6.07) is 1.89. The molecule has 2 aromatic rings. The maximum atomic E-state index is 13.6. The van der Waals surface area contributed by atoms with Crippen LogP contribution in [0.1, 0.15) is 30.8 Å². The van der Waals surface area contributed by atoms with Gasteiger partial charge in [0.2, 0.25) is 5.82 Å². The van der Waals surface area contributed by atoms with Gasteiger partial charge in [0.1, 0.15) is 11.9 Å². The van der Waals surface area contributed by atoms with Crippen LogP contribution in [0.5, 0.6) is 0 Å². The summed E-state index contributed by atoms with van der Waals surface area (Å²) in [6.07, 6.45) is -5.32. The van der Waals surface area contributed by atoms with Crippen molar-refractivity contribution in [2.75, 3.05) is 0 Å². The number of halogens is 4. The zero-order valence-corrected chi connectivity index (χ0v) is 10.3. The van der Waals surface area contributed by atoms with Crippen LogP contribution in [0, 0.1) is 5.82 Å². The van der Waals surface area contributed by atoms with Crippen molar-refractivity contribution in [1.82, 2.24) is 10.1 Å². The molecule has 4 nitrogen and oxygen atoms in total. The molecule has 0 aliphatic carbocycles. The molecule has 0 saturated heterocycles. The zero-order chi connectivity index (χ0) is 14.9. The first-order valence-electron chi connectivity index (χ1n) is 5.71. The summed E-state index contributed by atoms with van der Waals surface area (Å²) in [4.78, 5) is 3.70. The summed E-state index contributed by atoms with van der Waals surface area (Å²) in [5.41, 5.74) is -1.48. The SMILES string of the molecule is CCC(O)c1noc(-c2cc(C(F)(F)F)ccc2F)n1. The summed E-state index contributed by atoms with van der Waals surface area (Å²) in [7, 11) is 0. The molecule has 0 bridgehead atoms. The van der Waals surface area contributed by atoms with E-state index >= 15 is 0 Å². The van der Waals surface area contributed by atoms with Crippen LogP contribution in [0.2, 0.25) is 0 Å². The Labute approximate surface area is 111 Å². The predicted molar refractivity (Wildman–Crippen MR) is 59.9 cm³/mol. The highest BCUT2D eigenvalue weighted by molar-refractivity contribution is 5.55. The molecule has 8 heteroatoms. The zero-order valence-electron chi connectivity index (χ0n) is 10.3. The van der Waals surface area contributed by atoms with E-state index in [0.29, 0.717) is 24.6 Å². The Morgan fingerprint density at radius 1 is 1.35 bits per heavy atom. The third-order valence-corrected chi connectivity index (χ3v) is 2.65. The average Bonchev–Trinajstić information content (AvgIpc) is 2.86. The molecule has 1 N–H and O–H groups in total. The molecule has 1 aromatic carbocycles. The first kappa shape index (κ1) is 14.4. The van der Waals surface area contributed by atoms with E-state index in [1.54, 1.807) is 6.92 Å². The second-order valence-corrected chi connectivity index (χ2v) is 4.07. The maximum absolute atomic E-state index is 13.6. The van der Waals surface area contributed by atoms with E-state index in [2.05, 4.69) is 10.1 Å². The lowest BCUT2D eigenvalue weighted by Crippen LogP contribution is -2.05. The van der Waals surface area contributed by atoms with Crippen LogP contribution in [0.4, 0.5) is 17.6 Å². The number of aliphatic hydroxyl groups excluding tert-OH is 1. The maximum Gasteiger partial charge on any atom is 0.416 e. The van der Waals surface area contributed by atoms with Crippen molar-refractivity contribution in [1.29, 1.82) is 0 Å².